The van der Waals surface area contributed by atoms with Gasteiger partial charge in [-0.15, -0.1) is 0 Å². The summed E-state index contributed by atoms with van der Waals surface area (Å²) in [7, 11) is 0. The van der Waals surface area contributed by atoms with E-state index in [1.54, 1.807) is 23.1 Å². The van der Waals surface area contributed by atoms with E-state index in [0.717, 1.165) is 18.4 Å². The molecule has 0 aliphatic carbocycles. The lowest BCUT2D eigenvalue weighted by molar-refractivity contribution is -0.137. The molecule has 2 rings (SSSR count). The minimum atomic E-state index is -0.168. The van der Waals surface area contributed by atoms with Gasteiger partial charge in [0.2, 0.25) is 11.8 Å². The molecule has 0 spiro atoms. The highest BCUT2D eigenvalue weighted by Gasteiger charge is 2.20. The summed E-state index contributed by atoms with van der Waals surface area (Å²) in [4.78, 5) is 24.9. The molecule has 19 heavy (non-hydrogen) atoms. The number of benzene rings is 1. The fourth-order valence-electron chi connectivity index (χ4n) is 2.13. The zero-order valence-corrected chi connectivity index (χ0v) is 10.8. The zero-order chi connectivity index (χ0) is 13.7. The van der Waals surface area contributed by atoms with Gasteiger partial charge in [-0.1, -0.05) is 12.1 Å². The van der Waals surface area contributed by atoms with Crippen LogP contribution >= 0.6 is 0 Å². The standard InChI is InChI=1S/C14H18N2O3/c17-12-5-3-4-11(8-12)9-15-13(18)10-16-7-2-1-6-14(16)19/h3-5,8,17H,1-2,6-7,9-10H2,(H,15,18). The largest absolute Gasteiger partial charge is 0.508 e. The number of nitrogens with zero attached hydrogens (tertiary/aromatic N) is 1. The Bertz CT molecular complexity index is 474. The molecule has 2 amide bonds. The molecule has 0 radical (unpaired) electrons. The van der Waals surface area contributed by atoms with Crippen LogP contribution in [0.2, 0.25) is 0 Å². The molecular formula is C14H18N2O3. The molecule has 1 aliphatic heterocycles. The summed E-state index contributed by atoms with van der Waals surface area (Å²) in [6.07, 6.45) is 2.42. The Labute approximate surface area is 112 Å². The maximum absolute atomic E-state index is 11.7. The van der Waals surface area contributed by atoms with Crippen molar-refractivity contribution in [2.45, 2.75) is 25.8 Å². The average Bonchev–Trinajstić information content (AvgIpc) is 2.39. The van der Waals surface area contributed by atoms with Crippen LogP contribution in [0.25, 0.3) is 0 Å². The summed E-state index contributed by atoms with van der Waals surface area (Å²) in [6.45, 7) is 1.14. The summed E-state index contributed by atoms with van der Waals surface area (Å²) in [5.74, 6) is 0.0651. The smallest absolute Gasteiger partial charge is 0.239 e. The first kappa shape index (κ1) is 13.4. The van der Waals surface area contributed by atoms with Gasteiger partial charge in [-0.25, -0.2) is 0 Å². The van der Waals surface area contributed by atoms with Gasteiger partial charge in [0.25, 0.3) is 0 Å². The highest BCUT2D eigenvalue weighted by molar-refractivity contribution is 5.85. The first-order valence-electron chi connectivity index (χ1n) is 6.47. The van der Waals surface area contributed by atoms with Crippen molar-refractivity contribution in [1.82, 2.24) is 10.2 Å². The molecule has 1 saturated heterocycles. The number of amides is 2. The van der Waals surface area contributed by atoms with Crippen LogP contribution < -0.4 is 5.32 Å². The quantitative estimate of drug-likeness (QED) is 0.851. The molecule has 5 heteroatoms. The van der Waals surface area contributed by atoms with Crippen LogP contribution in [-0.4, -0.2) is 34.9 Å². The molecule has 1 aromatic rings. The lowest BCUT2D eigenvalue weighted by Gasteiger charge is -2.25. The highest BCUT2D eigenvalue weighted by Crippen LogP contribution is 2.11. The van der Waals surface area contributed by atoms with E-state index in [0.29, 0.717) is 19.5 Å². The van der Waals surface area contributed by atoms with Crippen LogP contribution in [0.5, 0.6) is 5.75 Å². The second kappa shape index (κ2) is 6.22. The molecule has 0 aromatic heterocycles. The number of phenolic OH excluding ortho intramolecular Hbond substituents is 1. The molecule has 102 valence electrons. The van der Waals surface area contributed by atoms with Crippen molar-refractivity contribution in [2.24, 2.45) is 0 Å². The van der Waals surface area contributed by atoms with Crippen molar-refractivity contribution in [1.29, 1.82) is 0 Å². The number of likely N-dealkylation sites (tertiary alicyclic amines) is 1. The van der Waals surface area contributed by atoms with Crippen molar-refractivity contribution in [3.8, 4) is 5.75 Å². The minimum absolute atomic E-state index is 0.0544. The second-order valence-corrected chi connectivity index (χ2v) is 4.72. The van der Waals surface area contributed by atoms with Gasteiger partial charge in [-0.2, -0.15) is 0 Å². The summed E-state index contributed by atoms with van der Waals surface area (Å²) >= 11 is 0. The molecule has 1 heterocycles. The van der Waals surface area contributed by atoms with Crippen molar-refractivity contribution < 1.29 is 14.7 Å². The second-order valence-electron chi connectivity index (χ2n) is 4.72. The molecule has 1 aliphatic rings. The third-order valence-corrected chi connectivity index (χ3v) is 3.16. The van der Waals surface area contributed by atoms with Crippen molar-refractivity contribution in [2.75, 3.05) is 13.1 Å². The van der Waals surface area contributed by atoms with Gasteiger partial charge in [-0.05, 0) is 30.5 Å². The predicted molar refractivity (Wildman–Crippen MR) is 70.4 cm³/mol. The van der Waals surface area contributed by atoms with Gasteiger partial charge in [0.1, 0.15) is 5.75 Å². The highest BCUT2D eigenvalue weighted by atomic mass is 16.3. The predicted octanol–water partition coefficient (Wildman–Crippen LogP) is 1.02. The van der Waals surface area contributed by atoms with E-state index < -0.39 is 0 Å². The third kappa shape index (κ3) is 3.98. The monoisotopic (exact) mass is 262 g/mol. The Morgan fingerprint density at radius 3 is 2.95 bits per heavy atom. The summed E-state index contributed by atoms with van der Waals surface area (Å²) in [5, 5.41) is 12.1. The van der Waals surface area contributed by atoms with E-state index in [4.69, 9.17) is 0 Å². The molecule has 0 bridgehead atoms. The first-order valence-corrected chi connectivity index (χ1v) is 6.47. The Kier molecular flexibility index (Phi) is 4.39. The summed E-state index contributed by atoms with van der Waals surface area (Å²) in [6, 6.07) is 6.74. The number of nitrogens with one attached hydrogen (secondary N) is 1. The van der Waals surface area contributed by atoms with E-state index in [9.17, 15) is 14.7 Å². The lowest BCUT2D eigenvalue weighted by atomic mass is 10.1. The molecule has 5 nitrogen and oxygen atoms in total. The normalized spacial score (nSPS) is 15.4. The van der Waals surface area contributed by atoms with Crippen molar-refractivity contribution in [3.05, 3.63) is 29.8 Å². The van der Waals surface area contributed by atoms with Crippen molar-refractivity contribution >= 4 is 11.8 Å². The maximum Gasteiger partial charge on any atom is 0.239 e. The van der Waals surface area contributed by atoms with Crippen LogP contribution in [-0.2, 0) is 16.1 Å². The topological polar surface area (TPSA) is 69.6 Å². The Morgan fingerprint density at radius 1 is 1.37 bits per heavy atom. The summed E-state index contributed by atoms with van der Waals surface area (Å²) < 4.78 is 0. The number of hydrogen-bond acceptors (Lipinski definition) is 3. The average molecular weight is 262 g/mol. The molecule has 0 saturated carbocycles. The Hall–Kier alpha value is -2.04. The number of carbonyl (C=O) groups excluding carboxylic acids is 2. The third-order valence-electron chi connectivity index (χ3n) is 3.16. The van der Waals surface area contributed by atoms with Crippen LogP contribution in [0.1, 0.15) is 24.8 Å². The Balaban J connectivity index is 1.79. The van der Waals surface area contributed by atoms with E-state index >= 15 is 0 Å². The molecular weight excluding hydrogens is 244 g/mol. The fourth-order valence-corrected chi connectivity index (χ4v) is 2.13. The number of aromatic hydroxyl groups is 1. The minimum Gasteiger partial charge on any atom is -0.508 e. The van der Waals surface area contributed by atoms with Gasteiger partial charge in [0.15, 0.2) is 0 Å². The van der Waals surface area contributed by atoms with E-state index in [2.05, 4.69) is 5.32 Å². The molecule has 1 fully saturated rings. The Morgan fingerprint density at radius 2 is 2.21 bits per heavy atom. The number of hydrogen-bond donors (Lipinski definition) is 2. The molecule has 2 N–H and O–H groups in total. The molecule has 1 aromatic carbocycles. The first-order chi connectivity index (χ1) is 9.15. The number of piperidine rings is 1. The zero-order valence-electron chi connectivity index (χ0n) is 10.8. The molecule has 0 atom stereocenters. The number of phenols is 1. The van der Waals surface area contributed by atoms with Crippen molar-refractivity contribution in [3.63, 3.8) is 0 Å². The van der Waals surface area contributed by atoms with E-state index in [-0.39, 0.29) is 24.1 Å². The number of carbonyl (C=O) groups is 2. The SMILES string of the molecule is O=C(CN1CCCCC1=O)NCc1cccc(O)c1. The maximum atomic E-state index is 11.7. The summed E-state index contributed by atoms with van der Waals surface area (Å²) in [5.41, 5.74) is 0.832. The van der Waals surface area contributed by atoms with Gasteiger partial charge in [0.05, 0.1) is 6.54 Å². The molecule has 0 unspecified atom stereocenters. The van der Waals surface area contributed by atoms with E-state index in [1.807, 2.05) is 6.07 Å². The van der Waals surface area contributed by atoms with Crippen LogP contribution in [0, 0.1) is 0 Å². The van der Waals surface area contributed by atoms with E-state index in [1.165, 1.54) is 0 Å². The van der Waals surface area contributed by atoms with Crippen LogP contribution in [0.4, 0.5) is 0 Å². The lowest BCUT2D eigenvalue weighted by Crippen LogP contribution is -2.42. The van der Waals surface area contributed by atoms with Gasteiger partial charge in [0, 0.05) is 19.5 Å². The van der Waals surface area contributed by atoms with Crippen LogP contribution in [0.15, 0.2) is 24.3 Å². The fraction of sp³-hybridized carbons (Fsp3) is 0.429. The van der Waals surface area contributed by atoms with Gasteiger partial charge >= 0.3 is 0 Å². The van der Waals surface area contributed by atoms with Gasteiger partial charge in [-0.3, -0.25) is 9.59 Å². The number of rotatable bonds is 4. The van der Waals surface area contributed by atoms with Crippen LogP contribution in [0.3, 0.4) is 0 Å². The van der Waals surface area contributed by atoms with Gasteiger partial charge < -0.3 is 15.3 Å².